The number of nitrogens with zero attached hydrogens (tertiary/aromatic N) is 1. The quantitative estimate of drug-likeness (QED) is 0.249. The van der Waals surface area contributed by atoms with E-state index in [-0.39, 0.29) is 17.6 Å². The van der Waals surface area contributed by atoms with Gasteiger partial charge in [-0.05, 0) is 59.7 Å². The molecule has 1 N–H and O–H groups in total. The van der Waals surface area contributed by atoms with Crippen LogP contribution in [0.15, 0.2) is 78.4 Å². The molecule has 1 fully saturated rings. The maximum absolute atomic E-state index is 13.4. The molecule has 0 spiro atoms. The van der Waals surface area contributed by atoms with Gasteiger partial charge in [0.05, 0.1) is 32.3 Å². The molecular formula is C27H22FNO6. The molecule has 1 heterocycles. The normalized spacial score (nSPS) is 16.9. The Balaban J connectivity index is 1.84. The molecule has 3 aromatic rings. The van der Waals surface area contributed by atoms with Gasteiger partial charge in [-0.25, -0.2) is 4.39 Å². The van der Waals surface area contributed by atoms with Crippen LogP contribution in [0.4, 0.5) is 10.1 Å². The maximum atomic E-state index is 13.4. The third-order valence-electron chi connectivity index (χ3n) is 5.78. The maximum Gasteiger partial charge on any atom is 0.309 e. The summed E-state index contributed by atoms with van der Waals surface area (Å²) in [6.07, 6.45) is 0.0576. The number of hydrogen-bond acceptors (Lipinski definition) is 6. The molecule has 0 aliphatic carbocycles. The van der Waals surface area contributed by atoms with Gasteiger partial charge in [-0.15, -0.1) is 0 Å². The van der Waals surface area contributed by atoms with Gasteiger partial charge >= 0.3 is 5.97 Å². The topological polar surface area (TPSA) is 93.1 Å². The van der Waals surface area contributed by atoms with E-state index in [0.29, 0.717) is 22.6 Å². The zero-order valence-electron chi connectivity index (χ0n) is 19.0. The predicted octanol–water partition coefficient (Wildman–Crippen LogP) is 4.18. The summed E-state index contributed by atoms with van der Waals surface area (Å²) in [6, 6.07) is 17.4. The molecule has 1 atom stereocenters. The van der Waals surface area contributed by atoms with E-state index in [2.05, 4.69) is 4.74 Å². The number of esters is 1. The molecule has 7 nitrogen and oxygen atoms in total. The molecule has 0 radical (unpaired) electrons. The number of ether oxygens (including phenoxy) is 2. The molecule has 1 amide bonds. The highest BCUT2D eigenvalue weighted by Gasteiger charge is 2.47. The SMILES string of the molecule is COC(=O)Cc1ccc(N2C(=O)C(=O)/C(=C(/O)c3ccc(F)cc3)C2c2ccc(OC)cc2)cc1. The van der Waals surface area contributed by atoms with Crippen LogP contribution in [0.25, 0.3) is 5.76 Å². The minimum Gasteiger partial charge on any atom is -0.507 e. The monoisotopic (exact) mass is 475 g/mol. The fourth-order valence-electron chi connectivity index (χ4n) is 3.98. The molecule has 1 aliphatic heterocycles. The van der Waals surface area contributed by atoms with Gasteiger partial charge in [-0.1, -0.05) is 24.3 Å². The summed E-state index contributed by atoms with van der Waals surface area (Å²) in [5.74, 6) is -2.43. The molecule has 0 aromatic heterocycles. The first-order chi connectivity index (χ1) is 16.8. The predicted molar refractivity (Wildman–Crippen MR) is 126 cm³/mol. The van der Waals surface area contributed by atoms with Crippen molar-refractivity contribution in [3.8, 4) is 5.75 Å². The second kappa shape index (κ2) is 9.80. The molecule has 0 bridgehead atoms. The molecule has 35 heavy (non-hydrogen) atoms. The van der Waals surface area contributed by atoms with Crippen LogP contribution >= 0.6 is 0 Å². The van der Waals surface area contributed by atoms with Crippen LogP contribution in [-0.2, 0) is 25.5 Å². The molecule has 178 valence electrons. The van der Waals surface area contributed by atoms with E-state index in [4.69, 9.17) is 4.74 Å². The number of aliphatic hydroxyl groups excluding tert-OH is 1. The minimum absolute atomic E-state index is 0.0576. The van der Waals surface area contributed by atoms with Crippen molar-refractivity contribution in [2.45, 2.75) is 12.5 Å². The van der Waals surface area contributed by atoms with Gasteiger partial charge in [0.2, 0.25) is 0 Å². The van der Waals surface area contributed by atoms with Crippen LogP contribution in [-0.4, -0.2) is 37.0 Å². The number of benzene rings is 3. The summed E-state index contributed by atoms with van der Waals surface area (Å²) < 4.78 is 23.3. The van der Waals surface area contributed by atoms with E-state index in [9.17, 15) is 23.9 Å². The Labute approximate surface area is 201 Å². The summed E-state index contributed by atoms with van der Waals surface area (Å²) in [6.45, 7) is 0. The Morgan fingerprint density at radius 3 is 2.14 bits per heavy atom. The van der Waals surface area contributed by atoms with Gasteiger partial charge in [0.1, 0.15) is 17.3 Å². The lowest BCUT2D eigenvalue weighted by Gasteiger charge is -2.25. The van der Waals surface area contributed by atoms with Gasteiger partial charge in [0.25, 0.3) is 11.7 Å². The van der Waals surface area contributed by atoms with Crippen LogP contribution in [0.5, 0.6) is 5.75 Å². The number of halogens is 1. The molecule has 1 unspecified atom stereocenters. The number of carbonyl (C=O) groups is 3. The van der Waals surface area contributed by atoms with Gasteiger partial charge in [-0.3, -0.25) is 19.3 Å². The number of methoxy groups -OCH3 is 2. The highest BCUT2D eigenvalue weighted by molar-refractivity contribution is 6.51. The molecule has 4 rings (SSSR count). The number of Topliss-reactive ketones (excluding diaryl/α,β-unsaturated/α-hetero) is 1. The van der Waals surface area contributed by atoms with Crippen LogP contribution in [0, 0.1) is 5.82 Å². The molecule has 1 saturated heterocycles. The van der Waals surface area contributed by atoms with E-state index in [1.165, 1.54) is 31.3 Å². The average Bonchev–Trinajstić information content (AvgIpc) is 3.14. The van der Waals surface area contributed by atoms with Gasteiger partial charge in [0.15, 0.2) is 0 Å². The second-order valence-corrected chi connectivity index (χ2v) is 7.87. The second-order valence-electron chi connectivity index (χ2n) is 7.87. The standard InChI is InChI=1S/C27H22FNO6/c1-34-21-13-7-17(8-14-21)24-23(25(31)18-5-9-19(28)10-6-18)26(32)27(33)29(24)20-11-3-16(4-12-20)15-22(30)35-2/h3-14,24,31H,15H2,1-2H3/b25-23+. The zero-order valence-corrected chi connectivity index (χ0v) is 19.0. The van der Waals surface area contributed by atoms with Crippen LogP contribution in [0.1, 0.15) is 22.7 Å². The summed E-state index contributed by atoms with van der Waals surface area (Å²) in [5, 5.41) is 11.0. The number of hydrogen-bond donors (Lipinski definition) is 1. The largest absolute Gasteiger partial charge is 0.507 e. The van der Waals surface area contributed by atoms with Crippen molar-refractivity contribution in [2.24, 2.45) is 0 Å². The Kier molecular flexibility index (Phi) is 6.64. The Morgan fingerprint density at radius 1 is 0.943 bits per heavy atom. The van der Waals surface area contributed by atoms with Crippen LogP contribution in [0.3, 0.4) is 0 Å². The van der Waals surface area contributed by atoms with E-state index in [1.807, 2.05) is 0 Å². The van der Waals surface area contributed by atoms with Crippen LogP contribution in [0.2, 0.25) is 0 Å². The molecular weight excluding hydrogens is 453 g/mol. The fraction of sp³-hybridized carbons (Fsp3) is 0.148. The van der Waals surface area contributed by atoms with Gasteiger partial charge < -0.3 is 14.6 Å². The first kappa shape index (κ1) is 23.7. The summed E-state index contributed by atoms with van der Waals surface area (Å²) in [4.78, 5) is 39.2. The van der Waals surface area contributed by atoms with Crippen molar-refractivity contribution in [3.63, 3.8) is 0 Å². The van der Waals surface area contributed by atoms with Crippen molar-refractivity contribution in [3.05, 3.63) is 101 Å². The lowest BCUT2D eigenvalue weighted by Crippen LogP contribution is -2.29. The molecule has 8 heteroatoms. The highest BCUT2D eigenvalue weighted by atomic mass is 19.1. The lowest BCUT2D eigenvalue weighted by molar-refractivity contribution is -0.139. The van der Waals surface area contributed by atoms with E-state index >= 15 is 0 Å². The summed E-state index contributed by atoms with van der Waals surface area (Å²) in [7, 11) is 2.82. The third-order valence-corrected chi connectivity index (χ3v) is 5.78. The average molecular weight is 475 g/mol. The number of amides is 1. The van der Waals surface area contributed by atoms with E-state index in [0.717, 1.165) is 12.1 Å². The number of aliphatic hydroxyl groups is 1. The molecule has 0 saturated carbocycles. The van der Waals surface area contributed by atoms with Crippen LogP contribution < -0.4 is 9.64 Å². The third kappa shape index (κ3) is 4.63. The van der Waals surface area contributed by atoms with Gasteiger partial charge in [-0.2, -0.15) is 0 Å². The smallest absolute Gasteiger partial charge is 0.309 e. The first-order valence-corrected chi connectivity index (χ1v) is 10.7. The van der Waals surface area contributed by atoms with Crippen molar-refractivity contribution < 1.29 is 33.4 Å². The number of ketones is 1. The summed E-state index contributed by atoms with van der Waals surface area (Å²) >= 11 is 0. The highest BCUT2D eigenvalue weighted by Crippen LogP contribution is 2.42. The summed E-state index contributed by atoms with van der Waals surface area (Å²) in [5.41, 5.74) is 1.72. The number of rotatable bonds is 6. The molecule has 1 aliphatic rings. The fourth-order valence-corrected chi connectivity index (χ4v) is 3.98. The van der Waals surface area contributed by atoms with E-state index < -0.39 is 35.3 Å². The van der Waals surface area contributed by atoms with E-state index in [1.54, 1.807) is 48.5 Å². The van der Waals surface area contributed by atoms with Crippen molar-refractivity contribution >= 4 is 29.1 Å². The number of anilines is 1. The van der Waals surface area contributed by atoms with Crippen molar-refractivity contribution in [1.29, 1.82) is 0 Å². The Hall–Kier alpha value is -4.46. The van der Waals surface area contributed by atoms with Crippen molar-refractivity contribution in [1.82, 2.24) is 0 Å². The Bertz CT molecular complexity index is 1300. The van der Waals surface area contributed by atoms with Crippen molar-refractivity contribution in [2.75, 3.05) is 19.1 Å². The minimum atomic E-state index is -0.947. The number of carbonyl (C=O) groups excluding carboxylic acids is 3. The zero-order chi connectivity index (χ0) is 25.1. The Morgan fingerprint density at radius 2 is 1.57 bits per heavy atom. The lowest BCUT2D eigenvalue weighted by atomic mass is 9.95. The molecule has 3 aromatic carbocycles. The van der Waals surface area contributed by atoms with Gasteiger partial charge in [0, 0.05) is 11.3 Å². The first-order valence-electron chi connectivity index (χ1n) is 10.7.